The van der Waals surface area contributed by atoms with Crippen molar-refractivity contribution in [3.63, 3.8) is 0 Å². The van der Waals surface area contributed by atoms with E-state index in [1.807, 2.05) is 77.6 Å². The van der Waals surface area contributed by atoms with Gasteiger partial charge in [0, 0.05) is 21.9 Å². The summed E-state index contributed by atoms with van der Waals surface area (Å²) in [6.07, 6.45) is 3.68. The van der Waals surface area contributed by atoms with Gasteiger partial charge in [-0.15, -0.1) is 0 Å². The van der Waals surface area contributed by atoms with Crippen LogP contribution in [0, 0.1) is 0 Å². The molecule has 0 aliphatic carbocycles. The van der Waals surface area contributed by atoms with Crippen molar-refractivity contribution in [3.8, 4) is 5.75 Å². The lowest BCUT2D eigenvalue weighted by molar-refractivity contribution is 0.102. The first kappa shape index (κ1) is 21.3. The lowest BCUT2D eigenvalue weighted by atomic mass is 10.1. The summed E-state index contributed by atoms with van der Waals surface area (Å²) in [4.78, 5) is 12.7. The number of benzene rings is 3. The topological polar surface area (TPSA) is 56.2 Å². The molecule has 7 heteroatoms. The summed E-state index contributed by atoms with van der Waals surface area (Å²) >= 11 is 6.83. The second-order valence-corrected chi connectivity index (χ2v) is 8.78. The van der Waals surface area contributed by atoms with Crippen LogP contribution in [0.1, 0.15) is 21.5 Å². The van der Waals surface area contributed by atoms with Crippen LogP contribution in [-0.4, -0.2) is 15.7 Å². The van der Waals surface area contributed by atoms with Gasteiger partial charge >= 0.3 is 0 Å². The number of nitrogens with one attached hydrogen (secondary N) is 1. The molecule has 0 fully saturated rings. The average molecular weight is 541 g/mol. The number of carbonyl (C=O) groups excluding carboxylic acids is 1. The van der Waals surface area contributed by atoms with Crippen LogP contribution in [0.4, 0.5) is 5.69 Å². The third-order valence-electron chi connectivity index (χ3n) is 4.55. The van der Waals surface area contributed by atoms with Crippen molar-refractivity contribution in [2.75, 3.05) is 5.32 Å². The van der Waals surface area contributed by atoms with Gasteiger partial charge in [0.05, 0.1) is 17.2 Å². The molecule has 1 aromatic heterocycles. The Balaban J connectivity index is 1.36. The highest BCUT2D eigenvalue weighted by molar-refractivity contribution is 9.10. The van der Waals surface area contributed by atoms with Crippen molar-refractivity contribution in [2.45, 2.75) is 13.2 Å². The standard InChI is InChI=1S/C24H19Br2N3O2/c25-20-5-2-6-23(12-20)31-16-18-3-1-4-19(11-18)24(30)28-22-9-7-17(8-10-22)14-29-15-21(26)13-27-29/h1-13,15H,14,16H2,(H,28,30). The van der Waals surface area contributed by atoms with Gasteiger partial charge in [-0.25, -0.2) is 0 Å². The number of aromatic nitrogens is 2. The van der Waals surface area contributed by atoms with E-state index in [0.717, 1.165) is 31.5 Å². The Bertz CT molecular complexity index is 1190. The minimum absolute atomic E-state index is 0.159. The molecule has 0 aliphatic rings. The summed E-state index contributed by atoms with van der Waals surface area (Å²) in [5, 5.41) is 7.20. The van der Waals surface area contributed by atoms with Crippen molar-refractivity contribution >= 4 is 43.5 Å². The SMILES string of the molecule is O=C(Nc1ccc(Cn2cc(Br)cn2)cc1)c1cccc(COc2cccc(Br)c2)c1. The van der Waals surface area contributed by atoms with E-state index in [1.54, 1.807) is 12.3 Å². The van der Waals surface area contributed by atoms with Gasteiger partial charge in [0.25, 0.3) is 5.91 Å². The minimum atomic E-state index is -0.159. The Hall–Kier alpha value is -2.90. The molecule has 1 amide bonds. The molecule has 0 radical (unpaired) electrons. The van der Waals surface area contributed by atoms with Crippen molar-refractivity contribution in [3.05, 3.63) is 111 Å². The second kappa shape index (κ2) is 9.94. The largest absolute Gasteiger partial charge is 0.489 e. The van der Waals surface area contributed by atoms with E-state index in [4.69, 9.17) is 4.74 Å². The molecular weight excluding hydrogens is 522 g/mol. The van der Waals surface area contributed by atoms with Gasteiger partial charge in [0.1, 0.15) is 12.4 Å². The summed E-state index contributed by atoms with van der Waals surface area (Å²) in [7, 11) is 0. The molecular formula is C24H19Br2N3O2. The van der Waals surface area contributed by atoms with Crippen molar-refractivity contribution in [1.82, 2.24) is 9.78 Å². The van der Waals surface area contributed by atoms with Crippen molar-refractivity contribution in [1.29, 1.82) is 0 Å². The molecule has 0 spiro atoms. The van der Waals surface area contributed by atoms with Gasteiger partial charge in [0.2, 0.25) is 0 Å². The van der Waals surface area contributed by atoms with E-state index in [-0.39, 0.29) is 5.91 Å². The first-order valence-corrected chi connectivity index (χ1v) is 11.2. The fourth-order valence-electron chi connectivity index (χ4n) is 3.03. The predicted molar refractivity (Wildman–Crippen MR) is 128 cm³/mol. The molecule has 0 unspecified atom stereocenters. The minimum Gasteiger partial charge on any atom is -0.489 e. The Labute approximate surface area is 197 Å². The lowest BCUT2D eigenvalue weighted by Gasteiger charge is -2.10. The number of carbonyl (C=O) groups is 1. The molecule has 3 aromatic carbocycles. The van der Waals surface area contributed by atoms with Gasteiger partial charge < -0.3 is 10.1 Å². The molecule has 4 rings (SSSR count). The van der Waals surface area contributed by atoms with E-state index in [0.29, 0.717) is 18.7 Å². The number of ether oxygens (including phenoxy) is 1. The number of halogens is 2. The van der Waals surface area contributed by atoms with Gasteiger partial charge in [-0.05, 0) is 69.5 Å². The zero-order chi connectivity index (χ0) is 21.6. The monoisotopic (exact) mass is 539 g/mol. The molecule has 0 bridgehead atoms. The highest BCUT2D eigenvalue weighted by Gasteiger charge is 2.08. The molecule has 1 heterocycles. The van der Waals surface area contributed by atoms with Crippen LogP contribution >= 0.6 is 31.9 Å². The maximum absolute atomic E-state index is 12.7. The van der Waals surface area contributed by atoms with Gasteiger partial charge in [-0.3, -0.25) is 9.48 Å². The van der Waals surface area contributed by atoms with Crippen LogP contribution in [0.5, 0.6) is 5.75 Å². The van der Waals surface area contributed by atoms with E-state index in [9.17, 15) is 4.79 Å². The van der Waals surface area contributed by atoms with Crippen LogP contribution in [0.3, 0.4) is 0 Å². The van der Waals surface area contributed by atoms with Crippen molar-refractivity contribution < 1.29 is 9.53 Å². The molecule has 0 atom stereocenters. The Morgan fingerprint density at radius 3 is 2.48 bits per heavy atom. The Morgan fingerprint density at radius 2 is 1.74 bits per heavy atom. The third kappa shape index (κ3) is 6.06. The second-order valence-electron chi connectivity index (χ2n) is 6.95. The highest BCUT2D eigenvalue weighted by atomic mass is 79.9. The number of anilines is 1. The molecule has 1 N–H and O–H groups in total. The van der Waals surface area contributed by atoms with E-state index in [2.05, 4.69) is 42.3 Å². The first-order valence-electron chi connectivity index (χ1n) is 9.61. The van der Waals surface area contributed by atoms with Crippen LogP contribution in [-0.2, 0) is 13.2 Å². The normalized spacial score (nSPS) is 10.6. The molecule has 0 saturated carbocycles. The van der Waals surface area contributed by atoms with E-state index in [1.165, 1.54) is 0 Å². The van der Waals surface area contributed by atoms with Crippen LogP contribution in [0.2, 0.25) is 0 Å². The molecule has 0 aliphatic heterocycles. The molecule has 31 heavy (non-hydrogen) atoms. The third-order valence-corrected chi connectivity index (χ3v) is 5.45. The number of hydrogen-bond acceptors (Lipinski definition) is 3. The van der Waals surface area contributed by atoms with Gasteiger partial charge in [-0.2, -0.15) is 5.10 Å². The van der Waals surface area contributed by atoms with E-state index < -0.39 is 0 Å². The van der Waals surface area contributed by atoms with E-state index >= 15 is 0 Å². The van der Waals surface area contributed by atoms with Gasteiger partial charge in [0.15, 0.2) is 0 Å². The number of hydrogen-bond donors (Lipinski definition) is 1. The number of nitrogens with zero attached hydrogens (tertiary/aromatic N) is 2. The molecule has 4 aromatic rings. The summed E-state index contributed by atoms with van der Waals surface area (Å²) in [5.41, 5.74) is 3.35. The van der Waals surface area contributed by atoms with Crippen LogP contribution in [0.25, 0.3) is 0 Å². The summed E-state index contributed by atoms with van der Waals surface area (Å²) in [6.45, 7) is 1.05. The average Bonchev–Trinajstić information content (AvgIpc) is 3.18. The predicted octanol–water partition coefficient (Wildman–Crippen LogP) is 6.29. The van der Waals surface area contributed by atoms with Crippen molar-refractivity contribution in [2.24, 2.45) is 0 Å². The lowest BCUT2D eigenvalue weighted by Crippen LogP contribution is -2.12. The fraction of sp³-hybridized carbons (Fsp3) is 0.0833. The van der Waals surface area contributed by atoms with Crippen LogP contribution in [0.15, 0.2) is 94.1 Å². The number of rotatable bonds is 7. The fourth-order valence-corrected chi connectivity index (χ4v) is 3.74. The zero-order valence-electron chi connectivity index (χ0n) is 16.5. The smallest absolute Gasteiger partial charge is 0.255 e. The summed E-state index contributed by atoms with van der Waals surface area (Å²) < 4.78 is 9.57. The van der Waals surface area contributed by atoms with Crippen LogP contribution < -0.4 is 10.1 Å². The Morgan fingerprint density at radius 1 is 0.935 bits per heavy atom. The number of amides is 1. The Kier molecular flexibility index (Phi) is 6.84. The highest BCUT2D eigenvalue weighted by Crippen LogP contribution is 2.19. The zero-order valence-corrected chi connectivity index (χ0v) is 19.6. The summed E-state index contributed by atoms with van der Waals surface area (Å²) in [5.74, 6) is 0.611. The first-order chi connectivity index (χ1) is 15.0. The van der Waals surface area contributed by atoms with Gasteiger partial charge in [-0.1, -0.05) is 46.3 Å². The quantitative estimate of drug-likeness (QED) is 0.300. The summed E-state index contributed by atoms with van der Waals surface area (Å²) in [6, 6.07) is 22.9. The maximum atomic E-state index is 12.7. The molecule has 0 saturated heterocycles. The maximum Gasteiger partial charge on any atom is 0.255 e. The molecule has 156 valence electrons. The molecule has 5 nitrogen and oxygen atoms in total.